The van der Waals surface area contributed by atoms with E-state index in [1.54, 1.807) is 4.90 Å². The van der Waals surface area contributed by atoms with Gasteiger partial charge in [-0.05, 0) is 44.4 Å². The summed E-state index contributed by atoms with van der Waals surface area (Å²) in [7, 11) is 0. The van der Waals surface area contributed by atoms with Gasteiger partial charge in [0.15, 0.2) is 0 Å². The van der Waals surface area contributed by atoms with Gasteiger partial charge < -0.3 is 15.0 Å². The third kappa shape index (κ3) is 4.98. The number of aryl methyl sites for hydroxylation is 1. The molecule has 1 aromatic rings. The molecular weight excluding hydrogens is 292 g/mol. The van der Waals surface area contributed by atoms with Gasteiger partial charge in [0.05, 0.1) is 12.5 Å². The van der Waals surface area contributed by atoms with Crippen molar-refractivity contribution in [2.45, 2.75) is 33.1 Å². The summed E-state index contributed by atoms with van der Waals surface area (Å²) >= 11 is 0. The lowest BCUT2D eigenvalue weighted by atomic mass is 10.1. The highest BCUT2D eigenvalue weighted by molar-refractivity contribution is 5.89. The van der Waals surface area contributed by atoms with Crippen LogP contribution in [0.2, 0.25) is 0 Å². The number of benzene rings is 1. The molecule has 1 atom stereocenters. The Morgan fingerprint density at radius 3 is 2.65 bits per heavy atom. The van der Waals surface area contributed by atoms with Crippen molar-refractivity contribution in [1.82, 2.24) is 10.2 Å². The van der Waals surface area contributed by atoms with E-state index in [1.165, 1.54) is 5.56 Å². The third-order valence-corrected chi connectivity index (χ3v) is 4.14. The summed E-state index contributed by atoms with van der Waals surface area (Å²) in [4.78, 5) is 25.5. The lowest BCUT2D eigenvalue weighted by molar-refractivity contribution is -0.128. The molecule has 0 spiro atoms. The van der Waals surface area contributed by atoms with Gasteiger partial charge >= 0.3 is 0 Å². The summed E-state index contributed by atoms with van der Waals surface area (Å²) in [5, 5.41) is 2.95. The molecule has 2 rings (SSSR count). The highest BCUT2D eigenvalue weighted by Gasteiger charge is 2.32. The number of nitrogens with one attached hydrogen (secondary N) is 1. The second-order valence-corrected chi connectivity index (χ2v) is 5.80. The Balaban J connectivity index is 1.67. The van der Waals surface area contributed by atoms with E-state index in [2.05, 4.69) is 17.4 Å². The van der Waals surface area contributed by atoms with E-state index in [4.69, 9.17) is 4.74 Å². The van der Waals surface area contributed by atoms with Crippen LogP contribution in [-0.4, -0.2) is 43.0 Å². The predicted octanol–water partition coefficient (Wildman–Crippen LogP) is 2.00. The largest absolute Gasteiger partial charge is 0.494 e. The highest BCUT2D eigenvalue weighted by atomic mass is 16.5. The first kappa shape index (κ1) is 17.3. The molecule has 1 saturated heterocycles. The van der Waals surface area contributed by atoms with E-state index in [0.29, 0.717) is 32.7 Å². The van der Waals surface area contributed by atoms with Crippen LogP contribution in [0.1, 0.15) is 32.3 Å². The molecule has 0 aromatic heterocycles. The van der Waals surface area contributed by atoms with E-state index in [1.807, 2.05) is 26.0 Å². The fraction of sp³-hybridized carbons (Fsp3) is 0.556. The minimum absolute atomic E-state index is 0.000920. The number of hydrogen-bond acceptors (Lipinski definition) is 3. The molecule has 0 radical (unpaired) electrons. The summed E-state index contributed by atoms with van der Waals surface area (Å²) in [6.45, 7) is 6.46. The maximum Gasteiger partial charge on any atom is 0.225 e. The van der Waals surface area contributed by atoms with Gasteiger partial charge in [-0.1, -0.05) is 12.1 Å². The van der Waals surface area contributed by atoms with Gasteiger partial charge in [-0.25, -0.2) is 0 Å². The number of likely N-dealkylation sites (tertiary alicyclic amines) is 1. The van der Waals surface area contributed by atoms with E-state index in [-0.39, 0.29) is 17.7 Å². The first-order chi connectivity index (χ1) is 11.1. The van der Waals surface area contributed by atoms with Gasteiger partial charge in [0.2, 0.25) is 11.8 Å². The van der Waals surface area contributed by atoms with E-state index in [0.717, 1.165) is 18.6 Å². The number of carbonyl (C=O) groups is 2. The summed E-state index contributed by atoms with van der Waals surface area (Å²) in [5.74, 6) is 0.784. The number of ether oxygens (including phenoxy) is 1. The number of rotatable bonds is 8. The van der Waals surface area contributed by atoms with Crippen molar-refractivity contribution in [2.24, 2.45) is 5.92 Å². The van der Waals surface area contributed by atoms with Gasteiger partial charge in [-0.15, -0.1) is 0 Å². The van der Waals surface area contributed by atoms with Crippen molar-refractivity contribution in [3.8, 4) is 5.75 Å². The molecule has 5 heteroatoms. The first-order valence-corrected chi connectivity index (χ1v) is 8.41. The molecule has 1 N–H and O–H groups in total. The quantitative estimate of drug-likeness (QED) is 0.746. The van der Waals surface area contributed by atoms with Crippen molar-refractivity contribution in [1.29, 1.82) is 0 Å². The number of carbonyl (C=O) groups excluding carboxylic acids is 2. The lowest BCUT2D eigenvalue weighted by Crippen LogP contribution is -2.33. The summed E-state index contributed by atoms with van der Waals surface area (Å²) in [6, 6.07) is 8.06. The van der Waals surface area contributed by atoms with Gasteiger partial charge in [0.1, 0.15) is 5.75 Å². The molecule has 1 fully saturated rings. The zero-order valence-corrected chi connectivity index (χ0v) is 14.0. The zero-order chi connectivity index (χ0) is 16.7. The van der Waals surface area contributed by atoms with Crippen LogP contribution in [0.25, 0.3) is 0 Å². The van der Waals surface area contributed by atoms with Crippen LogP contribution in [0.15, 0.2) is 24.3 Å². The number of nitrogens with zero attached hydrogens (tertiary/aromatic N) is 1. The van der Waals surface area contributed by atoms with Crippen LogP contribution in [0.5, 0.6) is 5.75 Å². The smallest absolute Gasteiger partial charge is 0.225 e. The van der Waals surface area contributed by atoms with Crippen LogP contribution in [0.3, 0.4) is 0 Å². The van der Waals surface area contributed by atoms with Gasteiger partial charge in [-0.2, -0.15) is 0 Å². The number of hydrogen-bond donors (Lipinski definition) is 1. The van der Waals surface area contributed by atoms with Crippen molar-refractivity contribution < 1.29 is 14.3 Å². The van der Waals surface area contributed by atoms with Crippen molar-refractivity contribution in [2.75, 3.05) is 26.2 Å². The molecule has 0 saturated carbocycles. The van der Waals surface area contributed by atoms with Crippen LogP contribution < -0.4 is 10.1 Å². The molecule has 1 aliphatic rings. The monoisotopic (exact) mass is 318 g/mol. The van der Waals surface area contributed by atoms with Gasteiger partial charge in [-0.3, -0.25) is 9.59 Å². The zero-order valence-electron chi connectivity index (χ0n) is 14.0. The van der Waals surface area contributed by atoms with Crippen molar-refractivity contribution in [3.05, 3.63) is 29.8 Å². The van der Waals surface area contributed by atoms with E-state index >= 15 is 0 Å². The molecule has 5 nitrogen and oxygen atoms in total. The fourth-order valence-corrected chi connectivity index (χ4v) is 2.82. The number of amides is 2. The molecule has 0 aliphatic carbocycles. The van der Waals surface area contributed by atoms with Crippen LogP contribution in [0, 0.1) is 5.92 Å². The highest BCUT2D eigenvalue weighted by Crippen LogP contribution is 2.17. The molecule has 1 heterocycles. The first-order valence-electron chi connectivity index (χ1n) is 8.41. The molecular formula is C18H26N2O3. The fourth-order valence-electron chi connectivity index (χ4n) is 2.82. The SMILES string of the molecule is CCOc1ccc(CCCNC(=O)[C@H]2CC(=O)N(CC)C2)cc1. The van der Waals surface area contributed by atoms with Gasteiger partial charge in [0, 0.05) is 26.1 Å². The Labute approximate surface area is 138 Å². The predicted molar refractivity (Wildman–Crippen MR) is 89.3 cm³/mol. The molecule has 2 amide bonds. The molecule has 23 heavy (non-hydrogen) atoms. The van der Waals surface area contributed by atoms with Crippen LogP contribution >= 0.6 is 0 Å². The van der Waals surface area contributed by atoms with Gasteiger partial charge in [0.25, 0.3) is 0 Å². The van der Waals surface area contributed by atoms with E-state index in [9.17, 15) is 9.59 Å². The molecule has 0 unspecified atom stereocenters. The summed E-state index contributed by atoms with van der Waals surface area (Å²) < 4.78 is 5.41. The van der Waals surface area contributed by atoms with Crippen LogP contribution in [0.4, 0.5) is 0 Å². The van der Waals surface area contributed by atoms with Crippen LogP contribution in [-0.2, 0) is 16.0 Å². The lowest BCUT2D eigenvalue weighted by Gasteiger charge is -2.13. The van der Waals surface area contributed by atoms with E-state index < -0.39 is 0 Å². The Morgan fingerprint density at radius 2 is 2.04 bits per heavy atom. The Kier molecular flexibility index (Phi) is 6.44. The minimum atomic E-state index is -0.187. The Hall–Kier alpha value is -2.04. The van der Waals surface area contributed by atoms with Crippen molar-refractivity contribution in [3.63, 3.8) is 0 Å². The maximum atomic E-state index is 12.1. The molecule has 1 aliphatic heterocycles. The standard InChI is InChI=1S/C18H26N2O3/c1-3-20-13-15(12-17(20)21)18(22)19-11-5-6-14-7-9-16(10-8-14)23-4-2/h7-10,15H,3-6,11-13H2,1-2H3,(H,19,22)/t15-/m0/s1. The average molecular weight is 318 g/mol. The summed E-state index contributed by atoms with van der Waals surface area (Å²) in [6.07, 6.45) is 2.15. The second kappa shape index (κ2) is 8.56. The molecule has 0 bridgehead atoms. The van der Waals surface area contributed by atoms with Crippen molar-refractivity contribution >= 4 is 11.8 Å². The Morgan fingerprint density at radius 1 is 1.30 bits per heavy atom. The molecule has 126 valence electrons. The third-order valence-electron chi connectivity index (χ3n) is 4.14. The molecule has 1 aromatic carbocycles. The normalized spacial score (nSPS) is 17.4. The Bertz CT molecular complexity index is 528. The minimum Gasteiger partial charge on any atom is -0.494 e. The maximum absolute atomic E-state index is 12.1. The summed E-state index contributed by atoms with van der Waals surface area (Å²) in [5.41, 5.74) is 1.23. The topological polar surface area (TPSA) is 58.6 Å². The second-order valence-electron chi connectivity index (χ2n) is 5.80. The average Bonchev–Trinajstić information content (AvgIpc) is 2.94.